The molecule has 1 aliphatic carbocycles. The van der Waals surface area contributed by atoms with Crippen molar-refractivity contribution in [3.8, 4) is 0 Å². The quantitative estimate of drug-likeness (QED) is 0.729. The van der Waals surface area contributed by atoms with Gasteiger partial charge in [0.25, 0.3) is 0 Å². The Hall–Kier alpha value is -0.980. The maximum atomic E-state index is 2.59. The van der Waals surface area contributed by atoms with Crippen LogP contribution in [0.25, 0.3) is 0 Å². The number of rotatable bonds is 5. The molecule has 1 fully saturated rings. The van der Waals surface area contributed by atoms with Gasteiger partial charge in [-0.3, -0.25) is 0 Å². The van der Waals surface area contributed by atoms with Crippen molar-refractivity contribution in [2.45, 2.75) is 47.0 Å². The summed E-state index contributed by atoms with van der Waals surface area (Å²) in [6.07, 6.45) is 4.03. The van der Waals surface area contributed by atoms with E-state index in [-0.39, 0.29) is 0 Å². The first-order valence-electron chi connectivity index (χ1n) is 6.87. The van der Waals surface area contributed by atoms with E-state index in [0.717, 1.165) is 0 Å². The maximum absolute atomic E-state index is 2.59. The monoisotopic (exact) mass is 231 g/mol. The Kier molecular flexibility index (Phi) is 3.46. The molecule has 0 saturated heterocycles. The Morgan fingerprint density at radius 3 is 2.53 bits per heavy atom. The number of benzene rings is 1. The number of hydrogen-bond acceptors (Lipinski definition) is 1. The van der Waals surface area contributed by atoms with Gasteiger partial charge >= 0.3 is 0 Å². The van der Waals surface area contributed by atoms with Gasteiger partial charge in [-0.15, -0.1) is 0 Å². The summed E-state index contributed by atoms with van der Waals surface area (Å²) in [6, 6.07) is 6.68. The van der Waals surface area contributed by atoms with E-state index in [1.807, 2.05) is 0 Å². The molecule has 94 valence electrons. The molecule has 0 atom stereocenters. The second-order valence-electron chi connectivity index (χ2n) is 5.95. The van der Waals surface area contributed by atoms with Gasteiger partial charge in [-0.1, -0.05) is 26.0 Å². The zero-order chi connectivity index (χ0) is 12.5. The highest BCUT2D eigenvalue weighted by molar-refractivity contribution is 5.56. The summed E-state index contributed by atoms with van der Waals surface area (Å²) in [6.45, 7) is 11.6. The smallest absolute Gasteiger partial charge is 0.0398 e. The number of hydrogen-bond donors (Lipinski definition) is 0. The molecule has 0 aliphatic heterocycles. The molecule has 0 amide bonds. The van der Waals surface area contributed by atoms with Crippen LogP contribution in [-0.4, -0.2) is 13.1 Å². The van der Waals surface area contributed by atoms with Crippen molar-refractivity contribution >= 4 is 5.69 Å². The maximum Gasteiger partial charge on any atom is 0.0398 e. The summed E-state index contributed by atoms with van der Waals surface area (Å²) in [5.41, 5.74) is 4.89. The molecule has 0 bridgehead atoms. The van der Waals surface area contributed by atoms with Gasteiger partial charge in [0.2, 0.25) is 0 Å². The fourth-order valence-corrected chi connectivity index (χ4v) is 2.47. The molecule has 0 unspecified atom stereocenters. The van der Waals surface area contributed by atoms with Crippen molar-refractivity contribution in [3.05, 3.63) is 29.3 Å². The van der Waals surface area contributed by atoms with E-state index in [0.29, 0.717) is 5.41 Å². The fraction of sp³-hybridized carbons (Fsp3) is 0.625. The summed E-state index contributed by atoms with van der Waals surface area (Å²) in [7, 11) is 0. The summed E-state index contributed by atoms with van der Waals surface area (Å²) in [5, 5.41) is 0. The highest BCUT2D eigenvalue weighted by atomic mass is 15.1. The van der Waals surface area contributed by atoms with Crippen molar-refractivity contribution < 1.29 is 0 Å². The summed E-state index contributed by atoms with van der Waals surface area (Å²) >= 11 is 0. The van der Waals surface area contributed by atoms with Crippen molar-refractivity contribution in [1.82, 2.24) is 0 Å². The SMILES string of the molecule is CCCN(CC1(C)CC1)c1cccc(C)c1C. The Morgan fingerprint density at radius 1 is 1.24 bits per heavy atom. The first kappa shape index (κ1) is 12.5. The molecular weight excluding hydrogens is 206 g/mol. The number of nitrogens with zero attached hydrogens (tertiary/aromatic N) is 1. The molecule has 0 heterocycles. The van der Waals surface area contributed by atoms with E-state index in [2.05, 4.69) is 50.8 Å². The third kappa shape index (κ3) is 2.83. The molecule has 0 aromatic heterocycles. The summed E-state index contributed by atoms with van der Waals surface area (Å²) < 4.78 is 0. The van der Waals surface area contributed by atoms with Gasteiger partial charge in [0.05, 0.1) is 0 Å². The fourth-order valence-electron chi connectivity index (χ4n) is 2.47. The number of anilines is 1. The average Bonchev–Trinajstić information content (AvgIpc) is 3.00. The summed E-state index contributed by atoms with van der Waals surface area (Å²) in [4.78, 5) is 2.59. The van der Waals surface area contributed by atoms with Gasteiger partial charge < -0.3 is 4.90 Å². The van der Waals surface area contributed by atoms with Crippen LogP contribution in [0.1, 0.15) is 44.2 Å². The van der Waals surface area contributed by atoms with Crippen LogP contribution in [0.4, 0.5) is 5.69 Å². The van der Waals surface area contributed by atoms with Gasteiger partial charge in [0, 0.05) is 18.8 Å². The largest absolute Gasteiger partial charge is 0.371 e. The molecule has 1 aliphatic rings. The molecular formula is C16H25N. The van der Waals surface area contributed by atoms with E-state index in [1.165, 1.54) is 49.2 Å². The van der Waals surface area contributed by atoms with Gasteiger partial charge in [-0.2, -0.15) is 0 Å². The van der Waals surface area contributed by atoms with Crippen LogP contribution in [0.15, 0.2) is 18.2 Å². The van der Waals surface area contributed by atoms with Crippen LogP contribution in [0.3, 0.4) is 0 Å². The first-order chi connectivity index (χ1) is 8.06. The molecule has 1 saturated carbocycles. The van der Waals surface area contributed by atoms with Crippen LogP contribution in [0.2, 0.25) is 0 Å². The zero-order valence-corrected chi connectivity index (χ0v) is 11.7. The van der Waals surface area contributed by atoms with Gasteiger partial charge in [0.1, 0.15) is 0 Å². The molecule has 1 aromatic carbocycles. The minimum atomic E-state index is 0.589. The minimum Gasteiger partial charge on any atom is -0.371 e. The third-order valence-electron chi connectivity index (χ3n) is 4.09. The van der Waals surface area contributed by atoms with Gasteiger partial charge in [0.15, 0.2) is 0 Å². The Bertz CT molecular complexity index is 391. The van der Waals surface area contributed by atoms with Crippen molar-refractivity contribution in [1.29, 1.82) is 0 Å². The Balaban J connectivity index is 2.22. The standard InChI is InChI=1S/C16H25N/c1-5-11-17(12-16(4)9-10-16)15-8-6-7-13(2)14(15)3/h6-8H,5,9-12H2,1-4H3. The van der Waals surface area contributed by atoms with Crippen molar-refractivity contribution in [2.75, 3.05) is 18.0 Å². The lowest BCUT2D eigenvalue weighted by Gasteiger charge is -2.29. The predicted molar refractivity (Wildman–Crippen MR) is 75.8 cm³/mol. The molecule has 0 N–H and O–H groups in total. The van der Waals surface area contributed by atoms with Crippen LogP contribution in [0.5, 0.6) is 0 Å². The molecule has 1 aromatic rings. The Labute approximate surface area is 106 Å². The van der Waals surface area contributed by atoms with Crippen LogP contribution in [-0.2, 0) is 0 Å². The molecule has 1 heteroatoms. The average molecular weight is 231 g/mol. The van der Waals surface area contributed by atoms with Crippen molar-refractivity contribution in [2.24, 2.45) is 5.41 Å². The zero-order valence-electron chi connectivity index (χ0n) is 11.7. The first-order valence-corrected chi connectivity index (χ1v) is 6.87. The Morgan fingerprint density at radius 2 is 1.94 bits per heavy atom. The van der Waals surface area contributed by atoms with E-state index >= 15 is 0 Å². The van der Waals surface area contributed by atoms with Gasteiger partial charge in [-0.05, 0) is 55.7 Å². The lowest BCUT2D eigenvalue weighted by molar-refractivity contribution is 0.546. The van der Waals surface area contributed by atoms with E-state index in [1.54, 1.807) is 0 Å². The predicted octanol–water partition coefficient (Wildman–Crippen LogP) is 4.32. The lowest BCUT2D eigenvalue weighted by atomic mass is 10.0. The molecule has 1 nitrogen and oxygen atoms in total. The molecule has 2 rings (SSSR count). The van der Waals surface area contributed by atoms with E-state index in [9.17, 15) is 0 Å². The number of aryl methyl sites for hydroxylation is 1. The summed E-state index contributed by atoms with van der Waals surface area (Å²) in [5.74, 6) is 0. The minimum absolute atomic E-state index is 0.589. The third-order valence-corrected chi connectivity index (χ3v) is 4.09. The van der Waals surface area contributed by atoms with Crippen LogP contribution < -0.4 is 4.90 Å². The van der Waals surface area contributed by atoms with E-state index in [4.69, 9.17) is 0 Å². The van der Waals surface area contributed by atoms with Gasteiger partial charge in [-0.25, -0.2) is 0 Å². The topological polar surface area (TPSA) is 3.24 Å². The molecule has 17 heavy (non-hydrogen) atoms. The second kappa shape index (κ2) is 4.72. The van der Waals surface area contributed by atoms with Crippen LogP contribution in [0, 0.1) is 19.3 Å². The van der Waals surface area contributed by atoms with Crippen molar-refractivity contribution in [3.63, 3.8) is 0 Å². The van der Waals surface area contributed by atoms with E-state index < -0.39 is 0 Å². The molecule has 0 spiro atoms. The van der Waals surface area contributed by atoms with Crippen LogP contribution >= 0.6 is 0 Å². The highest BCUT2D eigenvalue weighted by Gasteiger charge is 2.38. The second-order valence-corrected chi connectivity index (χ2v) is 5.95. The normalized spacial score (nSPS) is 16.9. The lowest BCUT2D eigenvalue weighted by Crippen LogP contribution is -2.30. The molecule has 0 radical (unpaired) electrons. The highest BCUT2D eigenvalue weighted by Crippen LogP contribution is 2.46.